The molecule has 68 valence electrons. The maximum Gasteiger partial charge on any atom is 0.121 e. The molecular formula is C12H14O. The van der Waals surface area contributed by atoms with E-state index in [4.69, 9.17) is 0 Å². The van der Waals surface area contributed by atoms with E-state index in [9.17, 15) is 5.11 Å². The van der Waals surface area contributed by atoms with Crippen LogP contribution in [0.1, 0.15) is 25.3 Å². The minimum atomic E-state index is -0.563. The van der Waals surface area contributed by atoms with E-state index in [1.807, 2.05) is 37.3 Å². The smallest absolute Gasteiger partial charge is 0.121 e. The van der Waals surface area contributed by atoms with Crippen LogP contribution in [0, 0.1) is 11.8 Å². The number of aliphatic hydroxyl groups excluding tert-OH is 1. The second kappa shape index (κ2) is 4.69. The highest BCUT2D eigenvalue weighted by molar-refractivity contribution is 5.23. The van der Waals surface area contributed by atoms with Crippen molar-refractivity contribution in [3.63, 3.8) is 0 Å². The van der Waals surface area contributed by atoms with Crippen LogP contribution in [-0.4, -0.2) is 11.2 Å². The number of benzene rings is 1. The SMILES string of the molecule is CC#C[C@@H](O)[C@H](C)c1ccccc1. The lowest BCUT2D eigenvalue weighted by atomic mass is 9.96. The van der Waals surface area contributed by atoms with Crippen molar-refractivity contribution in [2.45, 2.75) is 25.9 Å². The minimum absolute atomic E-state index is 0.0775. The van der Waals surface area contributed by atoms with Crippen molar-refractivity contribution in [1.82, 2.24) is 0 Å². The minimum Gasteiger partial charge on any atom is -0.380 e. The zero-order valence-corrected chi connectivity index (χ0v) is 7.99. The molecule has 1 heteroatoms. The van der Waals surface area contributed by atoms with Gasteiger partial charge in [0.25, 0.3) is 0 Å². The summed E-state index contributed by atoms with van der Waals surface area (Å²) in [5, 5.41) is 9.60. The zero-order chi connectivity index (χ0) is 9.68. The summed E-state index contributed by atoms with van der Waals surface area (Å²) in [5.74, 6) is 5.54. The summed E-state index contributed by atoms with van der Waals surface area (Å²) in [7, 11) is 0. The molecule has 0 radical (unpaired) electrons. The van der Waals surface area contributed by atoms with Gasteiger partial charge in [0.2, 0.25) is 0 Å². The Morgan fingerprint density at radius 3 is 2.38 bits per heavy atom. The average molecular weight is 174 g/mol. The van der Waals surface area contributed by atoms with Gasteiger partial charge in [-0.15, -0.1) is 5.92 Å². The van der Waals surface area contributed by atoms with Gasteiger partial charge in [-0.25, -0.2) is 0 Å². The summed E-state index contributed by atoms with van der Waals surface area (Å²) in [4.78, 5) is 0. The molecule has 1 nitrogen and oxygen atoms in total. The van der Waals surface area contributed by atoms with E-state index in [0.29, 0.717) is 0 Å². The fraction of sp³-hybridized carbons (Fsp3) is 0.333. The molecule has 0 fully saturated rings. The van der Waals surface area contributed by atoms with Crippen LogP contribution in [0.2, 0.25) is 0 Å². The van der Waals surface area contributed by atoms with Crippen molar-refractivity contribution in [3.8, 4) is 11.8 Å². The van der Waals surface area contributed by atoms with Crippen LogP contribution < -0.4 is 0 Å². The summed E-state index contributed by atoms with van der Waals surface area (Å²) in [6.45, 7) is 3.71. The first-order valence-electron chi connectivity index (χ1n) is 4.41. The molecular weight excluding hydrogens is 160 g/mol. The molecule has 0 unspecified atom stereocenters. The molecule has 0 heterocycles. The molecule has 2 atom stereocenters. The highest BCUT2D eigenvalue weighted by Crippen LogP contribution is 2.17. The highest BCUT2D eigenvalue weighted by atomic mass is 16.3. The van der Waals surface area contributed by atoms with Crippen LogP contribution in [0.3, 0.4) is 0 Å². The molecule has 0 spiro atoms. The van der Waals surface area contributed by atoms with Gasteiger partial charge in [0.15, 0.2) is 0 Å². The fourth-order valence-electron chi connectivity index (χ4n) is 1.21. The molecule has 0 aliphatic rings. The van der Waals surface area contributed by atoms with Crippen molar-refractivity contribution in [3.05, 3.63) is 35.9 Å². The second-order valence-electron chi connectivity index (χ2n) is 3.04. The Labute approximate surface area is 79.4 Å². The van der Waals surface area contributed by atoms with E-state index in [2.05, 4.69) is 11.8 Å². The molecule has 0 aromatic heterocycles. The van der Waals surface area contributed by atoms with Gasteiger partial charge in [0.05, 0.1) is 0 Å². The van der Waals surface area contributed by atoms with Crippen LogP contribution in [0.4, 0.5) is 0 Å². The zero-order valence-electron chi connectivity index (χ0n) is 7.99. The summed E-state index contributed by atoms with van der Waals surface area (Å²) in [6.07, 6.45) is -0.563. The molecule has 1 N–H and O–H groups in total. The summed E-state index contributed by atoms with van der Waals surface area (Å²) in [5.41, 5.74) is 1.12. The molecule has 1 aromatic carbocycles. The Hall–Kier alpha value is -1.26. The lowest BCUT2D eigenvalue weighted by molar-refractivity contribution is 0.206. The number of aliphatic hydroxyl groups is 1. The lowest BCUT2D eigenvalue weighted by Crippen LogP contribution is -2.13. The van der Waals surface area contributed by atoms with Crippen LogP contribution in [0.15, 0.2) is 30.3 Å². The summed E-state index contributed by atoms with van der Waals surface area (Å²) < 4.78 is 0. The third kappa shape index (κ3) is 2.61. The first-order valence-corrected chi connectivity index (χ1v) is 4.41. The van der Waals surface area contributed by atoms with Gasteiger partial charge in [-0.3, -0.25) is 0 Å². The monoisotopic (exact) mass is 174 g/mol. The van der Waals surface area contributed by atoms with Crippen molar-refractivity contribution in [2.24, 2.45) is 0 Å². The third-order valence-electron chi connectivity index (χ3n) is 2.09. The van der Waals surface area contributed by atoms with Crippen molar-refractivity contribution < 1.29 is 5.11 Å². The predicted molar refractivity (Wildman–Crippen MR) is 54.3 cm³/mol. The summed E-state index contributed by atoms with van der Waals surface area (Å²) in [6, 6.07) is 9.92. The lowest BCUT2D eigenvalue weighted by Gasteiger charge is -2.13. The van der Waals surface area contributed by atoms with E-state index >= 15 is 0 Å². The number of hydrogen-bond donors (Lipinski definition) is 1. The number of rotatable bonds is 2. The average Bonchev–Trinajstić information content (AvgIpc) is 2.18. The van der Waals surface area contributed by atoms with Gasteiger partial charge in [-0.1, -0.05) is 43.2 Å². The third-order valence-corrected chi connectivity index (χ3v) is 2.09. The molecule has 0 saturated heterocycles. The molecule has 1 aromatic rings. The van der Waals surface area contributed by atoms with E-state index in [-0.39, 0.29) is 5.92 Å². The van der Waals surface area contributed by atoms with Gasteiger partial charge in [-0.05, 0) is 12.5 Å². The Bertz CT molecular complexity index is 305. The first-order chi connectivity index (χ1) is 6.25. The van der Waals surface area contributed by atoms with E-state index in [1.165, 1.54) is 0 Å². The summed E-state index contributed by atoms with van der Waals surface area (Å²) >= 11 is 0. The maximum absolute atomic E-state index is 9.60. The van der Waals surface area contributed by atoms with Gasteiger partial charge in [0, 0.05) is 5.92 Å². The van der Waals surface area contributed by atoms with Gasteiger partial charge in [-0.2, -0.15) is 0 Å². The maximum atomic E-state index is 9.60. The van der Waals surface area contributed by atoms with Gasteiger partial charge >= 0.3 is 0 Å². The molecule has 13 heavy (non-hydrogen) atoms. The van der Waals surface area contributed by atoms with Gasteiger partial charge < -0.3 is 5.11 Å². The Morgan fingerprint density at radius 2 is 1.85 bits per heavy atom. The molecule has 1 rings (SSSR count). The second-order valence-corrected chi connectivity index (χ2v) is 3.04. The normalized spacial score (nSPS) is 14.1. The first kappa shape index (κ1) is 9.83. The fourth-order valence-corrected chi connectivity index (χ4v) is 1.21. The van der Waals surface area contributed by atoms with Crippen molar-refractivity contribution in [2.75, 3.05) is 0 Å². The Kier molecular flexibility index (Phi) is 3.54. The molecule has 0 bridgehead atoms. The Balaban J connectivity index is 2.77. The van der Waals surface area contributed by atoms with E-state index < -0.39 is 6.10 Å². The molecule has 0 aliphatic carbocycles. The molecule has 0 amide bonds. The van der Waals surface area contributed by atoms with E-state index in [0.717, 1.165) is 5.56 Å². The van der Waals surface area contributed by atoms with Crippen LogP contribution in [0.5, 0.6) is 0 Å². The molecule has 0 saturated carbocycles. The van der Waals surface area contributed by atoms with Gasteiger partial charge in [0.1, 0.15) is 6.10 Å². The predicted octanol–water partition coefficient (Wildman–Crippen LogP) is 2.17. The quantitative estimate of drug-likeness (QED) is 0.681. The highest BCUT2D eigenvalue weighted by Gasteiger charge is 2.12. The Morgan fingerprint density at radius 1 is 1.23 bits per heavy atom. The van der Waals surface area contributed by atoms with Crippen molar-refractivity contribution in [1.29, 1.82) is 0 Å². The largest absolute Gasteiger partial charge is 0.380 e. The molecule has 0 aliphatic heterocycles. The number of hydrogen-bond acceptors (Lipinski definition) is 1. The van der Waals surface area contributed by atoms with Crippen LogP contribution in [-0.2, 0) is 0 Å². The van der Waals surface area contributed by atoms with E-state index in [1.54, 1.807) is 6.92 Å². The van der Waals surface area contributed by atoms with Crippen molar-refractivity contribution >= 4 is 0 Å². The van der Waals surface area contributed by atoms with Crippen LogP contribution >= 0.6 is 0 Å². The topological polar surface area (TPSA) is 20.2 Å². The van der Waals surface area contributed by atoms with Crippen LogP contribution in [0.25, 0.3) is 0 Å². The standard InChI is InChI=1S/C12H14O/c1-3-7-12(13)10(2)11-8-5-4-6-9-11/h4-6,8-10,12-13H,1-2H3/t10-,12-/m1/s1.